The van der Waals surface area contributed by atoms with Crippen molar-refractivity contribution in [2.75, 3.05) is 0 Å². The summed E-state index contributed by atoms with van der Waals surface area (Å²) in [5.74, 6) is 0. The van der Waals surface area contributed by atoms with E-state index < -0.39 is 0 Å². The molecule has 0 saturated carbocycles. The molecular weight excluding hydrogens is 200 g/mol. The van der Waals surface area contributed by atoms with E-state index in [-0.39, 0.29) is 0 Å². The van der Waals surface area contributed by atoms with Gasteiger partial charge in [0.1, 0.15) is 6.29 Å². The molecule has 0 atom stereocenters. The Labute approximate surface area is 65.8 Å². The second-order valence-electron chi connectivity index (χ2n) is 1.58. The normalized spacial score (nSPS) is 9.44. The molecule has 0 unspecified atom stereocenters. The van der Waals surface area contributed by atoms with Crippen LogP contribution >= 0.6 is 27.3 Å². The Kier molecular flexibility index (Phi) is 2.42. The minimum Gasteiger partial charge on any atom is -0.303 e. The molecule has 0 radical (unpaired) electrons. The fourth-order valence-electron chi connectivity index (χ4n) is 0.544. The molecule has 0 spiro atoms. The number of rotatable bonds is 2. The third-order valence-electron chi connectivity index (χ3n) is 0.913. The van der Waals surface area contributed by atoms with Crippen LogP contribution in [0.3, 0.4) is 0 Å². The zero-order valence-electron chi connectivity index (χ0n) is 4.63. The number of hydrogen-bond acceptors (Lipinski definition) is 2. The van der Waals surface area contributed by atoms with Crippen LogP contribution in [0.4, 0.5) is 0 Å². The van der Waals surface area contributed by atoms with E-state index in [1.54, 1.807) is 11.3 Å². The van der Waals surface area contributed by atoms with Crippen LogP contribution in [0.2, 0.25) is 0 Å². The lowest BCUT2D eigenvalue weighted by Crippen LogP contribution is -1.76. The lowest BCUT2D eigenvalue weighted by molar-refractivity contribution is -0.107. The highest BCUT2D eigenvalue weighted by molar-refractivity contribution is 9.11. The first-order valence-electron chi connectivity index (χ1n) is 2.51. The SMILES string of the molecule is O=CCc1ccc(Br)s1. The Morgan fingerprint density at radius 3 is 2.89 bits per heavy atom. The van der Waals surface area contributed by atoms with Crippen LogP contribution in [0.5, 0.6) is 0 Å². The molecule has 0 N–H and O–H groups in total. The van der Waals surface area contributed by atoms with Gasteiger partial charge < -0.3 is 4.79 Å². The van der Waals surface area contributed by atoms with Gasteiger partial charge in [-0.05, 0) is 28.1 Å². The largest absolute Gasteiger partial charge is 0.303 e. The second-order valence-corrected chi connectivity index (χ2v) is 4.12. The average Bonchev–Trinajstić information content (AvgIpc) is 2.17. The number of halogens is 1. The monoisotopic (exact) mass is 204 g/mol. The van der Waals surface area contributed by atoms with Gasteiger partial charge in [-0.2, -0.15) is 0 Å². The molecular formula is C6H5BrOS. The Morgan fingerprint density at radius 1 is 1.67 bits per heavy atom. The third-order valence-corrected chi connectivity index (χ3v) is 2.56. The first-order valence-corrected chi connectivity index (χ1v) is 4.11. The molecule has 0 aliphatic rings. The number of hydrogen-bond donors (Lipinski definition) is 0. The van der Waals surface area contributed by atoms with E-state index in [4.69, 9.17) is 0 Å². The van der Waals surface area contributed by atoms with Crippen molar-refractivity contribution in [2.24, 2.45) is 0 Å². The fraction of sp³-hybridized carbons (Fsp3) is 0.167. The van der Waals surface area contributed by atoms with E-state index in [2.05, 4.69) is 15.9 Å². The van der Waals surface area contributed by atoms with Crippen molar-refractivity contribution in [1.29, 1.82) is 0 Å². The summed E-state index contributed by atoms with van der Waals surface area (Å²) in [4.78, 5) is 11.1. The molecule has 48 valence electrons. The fourth-order valence-corrected chi connectivity index (χ4v) is 1.97. The standard InChI is InChI=1S/C6H5BrOS/c7-6-2-1-5(9-6)3-4-8/h1-2,4H,3H2. The molecule has 9 heavy (non-hydrogen) atoms. The van der Waals surface area contributed by atoms with Gasteiger partial charge in [0.25, 0.3) is 0 Å². The highest BCUT2D eigenvalue weighted by Gasteiger charge is 1.93. The Balaban J connectivity index is 2.72. The van der Waals surface area contributed by atoms with Crippen LogP contribution in [0, 0.1) is 0 Å². The topological polar surface area (TPSA) is 17.1 Å². The van der Waals surface area contributed by atoms with Crippen LogP contribution in [0.15, 0.2) is 15.9 Å². The zero-order chi connectivity index (χ0) is 6.69. The number of thiophene rings is 1. The number of aldehydes is 1. The van der Waals surface area contributed by atoms with Gasteiger partial charge in [0, 0.05) is 11.3 Å². The molecule has 1 heterocycles. The minimum absolute atomic E-state index is 0.538. The van der Waals surface area contributed by atoms with Crippen molar-refractivity contribution in [1.82, 2.24) is 0 Å². The molecule has 0 bridgehead atoms. The molecule has 0 saturated heterocycles. The van der Waals surface area contributed by atoms with Crippen molar-refractivity contribution >= 4 is 33.6 Å². The van der Waals surface area contributed by atoms with Crippen molar-refractivity contribution in [3.63, 3.8) is 0 Å². The molecule has 1 rings (SSSR count). The van der Waals surface area contributed by atoms with E-state index in [1.807, 2.05) is 12.1 Å². The van der Waals surface area contributed by atoms with Gasteiger partial charge in [-0.25, -0.2) is 0 Å². The molecule has 0 amide bonds. The summed E-state index contributed by atoms with van der Waals surface area (Å²) in [6, 6.07) is 3.90. The number of carbonyl (C=O) groups excluding carboxylic acids is 1. The van der Waals surface area contributed by atoms with Gasteiger partial charge in [0.2, 0.25) is 0 Å². The highest BCUT2D eigenvalue weighted by Crippen LogP contribution is 2.21. The highest BCUT2D eigenvalue weighted by atomic mass is 79.9. The maximum absolute atomic E-state index is 9.97. The van der Waals surface area contributed by atoms with Crippen LogP contribution in [-0.2, 0) is 11.2 Å². The maximum atomic E-state index is 9.97. The van der Waals surface area contributed by atoms with Crippen LogP contribution in [-0.4, -0.2) is 6.29 Å². The molecule has 1 aromatic heterocycles. The first-order chi connectivity index (χ1) is 4.33. The van der Waals surface area contributed by atoms with E-state index in [9.17, 15) is 4.79 Å². The van der Waals surface area contributed by atoms with Gasteiger partial charge in [-0.15, -0.1) is 11.3 Å². The first kappa shape index (κ1) is 6.96. The molecule has 0 aliphatic carbocycles. The molecule has 3 heteroatoms. The predicted octanol–water partition coefficient (Wildman–Crippen LogP) is 2.25. The van der Waals surface area contributed by atoms with E-state index in [1.165, 1.54) is 0 Å². The average molecular weight is 205 g/mol. The van der Waals surface area contributed by atoms with Gasteiger partial charge in [-0.1, -0.05) is 0 Å². The molecule has 0 aromatic carbocycles. The predicted molar refractivity (Wildman–Crippen MR) is 41.8 cm³/mol. The van der Waals surface area contributed by atoms with E-state index >= 15 is 0 Å². The Morgan fingerprint density at radius 2 is 2.44 bits per heavy atom. The summed E-state index contributed by atoms with van der Waals surface area (Å²) in [6.45, 7) is 0. The van der Waals surface area contributed by atoms with Crippen molar-refractivity contribution in [2.45, 2.75) is 6.42 Å². The molecule has 1 nitrogen and oxygen atoms in total. The number of carbonyl (C=O) groups is 1. The van der Waals surface area contributed by atoms with Gasteiger partial charge in [-0.3, -0.25) is 0 Å². The summed E-state index contributed by atoms with van der Waals surface area (Å²) < 4.78 is 1.08. The Bertz CT molecular complexity index is 207. The summed E-state index contributed by atoms with van der Waals surface area (Å²) in [5, 5.41) is 0. The van der Waals surface area contributed by atoms with Gasteiger partial charge in [0.05, 0.1) is 3.79 Å². The molecule has 0 aliphatic heterocycles. The van der Waals surface area contributed by atoms with Gasteiger partial charge in [0.15, 0.2) is 0 Å². The van der Waals surface area contributed by atoms with E-state index in [0.29, 0.717) is 6.42 Å². The van der Waals surface area contributed by atoms with Crippen molar-refractivity contribution in [3.05, 3.63) is 20.8 Å². The van der Waals surface area contributed by atoms with Crippen LogP contribution in [0.1, 0.15) is 4.88 Å². The lowest BCUT2D eigenvalue weighted by Gasteiger charge is -1.79. The van der Waals surface area contributed by atoms with Gasteiger partial charge >= 0.3 is 0 Å². The van der Waals surface area contributed by atoms with Crippen molar-refractivity contribution < 1.29 is 4.79 Å². The minimum atomic E-state index is 0.538. The summed E-state index contributed by atoms with van der Waals surface area (Å²) in [5.41, 5.74) is 0. The lowest BCUT2D eigenvalue weighted by atomic mass is 10.4. The third kappa shape index (κ3) is 1.91. The summed E-state index contributed by atoms with van der Waals surface area (Å²) >= 11 is 4.90. The molecule has 1 aromatic rings. The zero-order valence-corrected chi connectivity index (χ0v) is 7.04. The maximum Gasteiger partial charge on any atom is 0.125 e. The van der Waals surface area contributed by atoms with Crippen LogP contribution in [0.25, 0.3) is 0 Å². The smallest absolute Gasteiger partial charge is 0.125 e. The summed E-state index contributed by atoms with van der Waals surface area (Å²) in [7, 11) is 0. The molecule has 0 fully saturated rings. The van der Waals surface area contributed by atoms with Crippen molar-refractivity contribution in [3.8, 4) is 0 Å². The second kappa shape index (κ2) is 3.13. The Hall–Kier alpha value is -0.150. The quantitative estimate of drug-likeness (QED) is 0.676. The van der Waals surface area contributed by atoms with E-state index in [0.717, 1.165) is 14.9 Å². The van der Waals surface area contributed by atoms with Crippen LogP contribution < -0.4 is 0 Å². The summed E-state index contributed by atoms with van der Waals surface area (Å²) in [6.07, 6.45) is 1.45.